The molecule has 0 saturated heterocycles. The van der Waals surface area contributed by atoms with E-state index in [-0.39, 0.29) is 5.16 Å². The Morgan fingerprint density at radius 2 is 2.20 bits per heavy atom. The molecule has 2 N–H and O–H groups in total. The maximum Gasteiger partial charge on any atom is 0.273 e. The van der Waals surface area contributed by atoms with Crippen LogP contribution >= 0.6 is 11.3 Å². The van der Waals surface area contributed by atoms with Crippen molar-refractivity contribution in [3.8, 4) is 11.5 Å². The molecule has 7 nitrogen and oxygen atoms in total. The molecule has 0 aliphatic rings. The molecule has 0 spiro atoms. The summed E-state index contributed by atoms with van der Waals surface area (Å²) in [6.07, 6.45) is 0. The van der Waals surface area contributed by atoms with Gasteiger partial charge in [0.15, 0.2) is 5.82 Å². The zero-order valence-corrected chi connectivity index (χ0v) is 9.29. The first-order chi connectivity index (χ1) is 7.00. The topological polar surface area (TPSA) is 104 Å². The molecule has 2 aromatic rings. The Labute approximate surface area is 89.6 Å². The first-order valence-electron chi connectivity index (χ1n) is 3.81. The van der Waals surface area contributed by atoms with E-state index in [1.54, 1.807) is 10.9 Å². The van der Waals surface area contributed by atoms with Crippen molar-refractivity contribution >= 4 is 21.4 Å². The molecule has 0 fully saturated rings. The molecule has 0 aliphatic carbocycles. The van der Waals surface area contributed by atoms with Crippen LogP contribution in [0.15, 0.2) is 16.0 Å². The minimum absolute atomic E-state index is 0.273. The number of hydrogen-bond donors (Lipinski definition) is 1. The molecule has 9 heteroatoms. The first-order valence-corrected chi connectivity index (χ1v) is 6.30. The Morgan fingerprint density at radius 3 is 2.67 bits per heavy atom. The molecular formula is C6H7N5O2S2. The van der Waals surface area contributed by atoms with Crippen molar-refractivity contribution in [2.45, 2.75) is 5.16 Å². The fourth-order valence-corrected chi connectivity index (χ4v) is 2.26. The number of nitrogens with two attached hydrogens (primary N) is 1. The van der Waals surface area contributed by atoms with Crippen LogP contribution in [0.1, 0.15) is 0 Å². The van der Waals surface area contributed by atoms with Crippen LogP contribution in [0.25, 0.3) is 11.5 Å². The second kappa shape index (κ2) is 3.36. The van der Waals surface area contributed by atoms with Crippen molar-refractivity contribution in [2.24, 2.45) is 12.2 Å². The summed E-state index contributed by atoms with van der Waals surface area (Å²) < 4.78 is 23.4. The van der Waals surface area contributed by atoms with Gasteiger partial charge in [0.1, 0.15) is 5.69 Å². The average molecular weight is 245 g/mol. The standard InChI is InChI=1S/C6H7N5O2S2/c1-11-5(4-2-14-3-8-4)9-10-6(11)15(7,12)13/h2-3H,1H3,(H2,7,12,13). The lowest BCUT2D eigenvalue weighted by Gasteiger charge is -1.98. The number of thiazole rings is 1. The Bertz CT molecular complexity index is 571. The summed E-state index contributed by atoms with van der Waals surface area (Å²) in [5.74, 6) is 0.375. The summed E-state index contributed by atoms with van der Waals surface area (Å²) in [7, 11) is -2.32. The summed E-state index contributed by atoms with van der Waals surface area (Å²) in [6.45, 7) is 0. The van der Waals surface area contributed by atoms with E-state index in [1.165, 1.54) is 23.0 Å². The van der Waals surface area contributed by atoms with Gasteiger partial charge in [-0.25, -0.2) is 18.5 Å². The number of primary sulfonamides is 1. The van der Waals surface area contributed by atoms with E-state index in [9.17, 15) is 8.42 Å². The molecule has 0 unspecified atom stereocenters. The molecule has 0 bridgehead atoms. The van der Waals surface area contributed by atoms with E-state index in [0.29, 0.717) is 11.5 Å². The number of hydrogen-bond acceptors (Lipinski definition) is 6. The molecule has 2 aromatic heterocycles. The van der Waals surface area contributed by atoms with Gasteiger partial charge in [-0.3, -0.25) is 4.57 Å². The van der Waals surface area contributed by atoms with Crippen LogP contribution in [0.4, 0.5) is 0 Å². The summed E-state index contributed by atoms with van der Waals surface area (Å²) in [5.41, 5.74) is 2.20. The van der Waals surface area contributed by atoms with Crippen LogP contribution in [0.3, 0.4) is 0 Å². The molecule has 0 amide bonds. The van der Waals surface area contributed by atoms with Crippen LogP contribution in [0.5, 0.6) is 0 Å². The number of rotatable bonds is 2. The smallest absolute Gasteiger partial charge is 0.273 e. The molecule has 0 aliphatic heterocycles. The number of nitrogens with zero attached hydrogens (tertiary/aromatic N) is 4. The van der Waals surface area contributed by atoms with Gasteiger partial charge >= 0.3 is 0 Å². The Hall–Kier alpha value is -1.32. The molecule has 15 heavy (non-hydrogen) atoms. The molecule has 0 aromatic carbocycles. The SMILES string of the molecule is Cn1c(-c2cscn2)nnc1S(N)(=O)=O. The lowest BCUT2D eigenvalue weighted by molar-refractivity contribution is 0.580. The summed E-state index contributed by atoms with van der Waals surface area (Å²) in [4.78, 5) is 4.00. The second-order valence-corrected chi connectivity index (χ2v) is 4.96. The highest BCUT2D eigenvalue weighted by Crippen LogP contribution is 2.17. The summed E-state index contributed by atoms with van der Waals surface area (Å²) in [5, 5.41) is 13.7. The van der Waals surface area contributed by atoms with Gasteiger partial charge in [0.25, 0.3) is 15.2 Å². The molecule has 0 atom stereocenters. The van der Waals surface area contributed by atoms with Crippen molar-refractivity contribution in [2.75, 3.05) is 0 Å². The fraction of sp³-hybridized carbons (Fsp3) is 0.167. The minimum Gasteiger partial charge on any atom is -0.299 e. The highest BCUT2D eigenvalue weighted by molar-refractivity contribution is 7.89. The van der Waals surface area contributed by atoms with Gasteiger partial charge in [0.2, 0.25) is 0 Å². The van der Waals surface area contributed by atoms with E-state index < -0.39 is 10.0 Å². The average Bonchev–Trinajstić information content (AvgIpc) is 2.69. The highest BCUT2D eigenvalue weighted by Gasteiger charge is 2.19. The minimum atomic E-state index is -3.84. The van der Waals surface area contributed by atoms with E-state index >= 15 is 0 Å². The van der Waals surface area contributed by atoms with Crippen LogP contribution in [-0.2, 0) is 17.1 Å². The van der Waals surface area contributed by atoms with Crippen molar-refractivity contribution in [3.05, 3.63) is 10.9 Å². The highest BCUT2D eigenvalue weighted by atomic mass is 32.2. The Morgan fingerprint density at radius 1 is 1.47 bits per heavy atom. The van der Waals surface area contributed by atoms with E-state index in [0.717, 1.165) is 0 Å². The Kier molecular flexibility index (Phi) is 2.29. The molecule has 0 radical (unpaired) electrons. The molecule has 0 saturated carbocycles. The van der Waals surface area contributed by atoms with Gasteiger partial charge in [-0.05, 0) is 0 Å². The van der Waals surface area contributed by atoms with Gasteiger partial charge in [-0.15, -0.1) is 21.5 Å². The molecule has 2 heterocycles. The quantitative estimate of drug-likeness (QED) is 0.774. The maximum atomic E-state index is 11.1. The van der Waals surface area contributed by atoms with E-state index in [4.69, 9.17) is 5.14 Å². The van der Waals surface area contributed by atoms with Gasteiger partial charge in [0.05, 0.1) is 5.51 Å². The second-order valence-electron chi connectivity index (χ2n) is 2.78. The van der Waals surface area contributed by atoms with Crippen LogP contribution in [-0.4, -0.2) is 28.2 Å². The zero-order valence-electron chi connectivity index (χ0n) is 7.65. The van der Waals surface area contributed by atoms with Crippen molar-refractivity contribution < 1.29 is 8.42 Å². The largest absolute Gasteiger partial charge is 0.299 e. The third-order valence-corrected chi connectivity index (χ3v) is 3.20. The predicted octanol–water partition coefficient (Wildman–Crippen LogP) is -0.414. The molecule has 2 rings (SSSR count). The van der Waals surface area contributed by atoms with Crippen LogP contribution in [0.2, 0.25) is 0 Å². The fourth-order valence-electron chi connectivity index (χ4n) is 1.11. The van der Waals surface area contributed by atoms with Crippen LogP contribution < -0.4 is 5.14 Å². The number of sulfonamides is 1. The monoisotopic (exact) mass is 245 g/mol. The van der Waals surface area contributed by atoms with Crippen molar-refractivity contribution in [1.29, 1.82) is 0 Å². The van der Waals surface area contributed by atoms with Gasteiger partial charge in [-0.1, -0.05) is 0 Å². The zero-order chi connectivity index (χ0) is 11.1. The third kappa shape index (κ3) is 1.76. The van der Waals surface area contributed by atoms with Crippen molar-refractivity contribution in [3.63, 3.8) is 0 Å². The normalized spacial score (nSPS) is 11.9. The molecular weight excluding hydrogens is 238 g/mol. The van der Waals surface area contributed by atoms with Crippen molar-refractivity contribution in [1.82, 2.24) is 19.7 Å². The Balaban J connectivity index is 2.60. The van der Waals surface area contributed by atoms with E-state index in [1.807, 2.05) is 0 Å². The van der Waals surface area contributed by atoms with Gasteiger partial charge in [0, 0.05) is 12.4 Å². The third-order valence-electron chi connectivity index (χ3n) is 1.75. The lowest BCUT2D eigenvalue weighted by atomic mass is 10.5. The van der Waals surface area contributed by atoms with Gasteiger partial charge < -0.3 is 0 Å². The molecule has 80 valence electrons. The van der Waals surface area contributed by atoms with Gasteiger partial charge in [-0.2, -0.15) is 0 Å². The summed E-state index contributed by atoms with van der Waals surface area (Å²) >= 11 is 1.39. The maximum absolute atomic E-state index is 11.1. The van der Waals surface area contributed by atoms with E-state index in [2.05, 4.69) is 15.2 Å². The lowest BCUT2D eigenvalue weighted by Crippen LogP contribution is -2.17. The summed E-state index contributed by atoms with van der Waals surface area (Å²) in [6, 6.07) is 0. The first kappa shape index (κ1) is 10.2. The van der Waals surface area contributed by atoms with Crippen LogP contribution in [0, 0.1) is 0 Å². The number of aromatic nitrogens is 4. The predicted molar refractivity (Wildman–Crippen MR) is 53.5 cm³/mol.